The Labute approximate surface area is 158 Å². The molecule has 1 aromatic heterocycles. The highest BCUT2D eigenvalue weighted by Crippen LogP contribution is 2.15. The standard InChI is InChI=1S/C18H15BrN4OS/c19-14(10-13-6-2-1-3-7-13)11-20-21-12-17(25)24-18-22-15-8-4-5-9-16(15)23-18/h1-11,21H,12H2,(H,22,23). The summed E-state index contributed by atoms with van der Waals surface area (Å²) in [6, 6.07) is 18.0. The molecule has 7 heteroatoms. The van der Waals surface area contributed by atoms with Gasteiger partial charge in [-0.1, -0.05) is 42.5 Å². The molecule has 0 spiro atoms. The van der Waals surface area contributed by atoms with Gasteiger partial charge >= 0.3 is 6.01 Å². The molecule has 0 aliphatic heterocycles. The number of thiocarbonyl (C=S) groups is 1. The van der Waals surface area contributed by atoms with E-state index in [0.717, 1.165) is 21.1 Å². The number of nitrogens with zero attached hydrogens (tertiary/aromatic N) is 2. The van der Waals surface area contributed by atoms with E-state index >= 15 is 0 Å². The molecule has 1 heterocycles. The molecule has 0 aliphatic carbocycles. The topological polar surface area (TPSA) is 62.3 Å². The minimum Gasteiger partial charge on any atom is -0.416 e. The van der Waals surface area contributed by atoms with Crippen molar-refractivity contribution in [1.29, 1.82) is 0 Å². The number of allylic oxidation sites excluding steroid dienone is 1. The summed E-state index contributed by atoms with van der Waals surface area (Å²) >= 11 is 8.63. The quantitative estimate of drug-likeness (QED) is 0.359. The molecule has 0 fully saturated rings. The Morgan fingerprint density at radius 2 is 1.96 bits per heavy atom. The molecule has 0 amide bonds. The first-order valence-corrected chi connectivity index (χ1v) is 8.74. The van der Waals surface area contributed by atoms with Gasteiger partial charge in [0.25, 0.3) is 0 Å². The summed E-state index contributed by atoms with van der Waals surface area (Å²) in [5, 5.41) is 4.45. The van der Waals surface area contributed by atoms with E-state index in [0.29, 0.717) is 17.6 Å². The molecular formula is C18H15BrN4OS. The average molecular weight is 415 g/mol. The van der Waals surface area contributed by atoms with Crippen LogP contribution in [0.3, 0.4) is 0 Å². The maximum Gasteiger partial charge on any atom is 0.300 e. The number of fused-ring (bicyclic) bond motifs is 1. The Morgan fingerprint density at radius 1 is 1.20 bits per heavy atom. The Bertz CT molecular complexity index is 888. The lowest BCUT2D eigenvalue weighted by Gasteiger charge is -2.02. The summed E-state index contributed by atoms with van der Waals surface area (Å²) in [5.41, 5.74) is 5.67. The normalized spacial score (nSPS) is 11.8. The van der Waals surface area contributed by atoms with Crippen LogP contribution >= 0.6 is 28.1 Å². The number of hydrazone groups is 1. The van der Waals surface area contributed by atoms with Gasteiger partial charge in [0.2, 0.25) is 0 Å². The highest BCUT2D eigenvalue weighted by Gasteiger charge is 2.05. The van der Waals surface area contributed by atoms with Crippen LogP contribution in [0.2, 0.25) is 0 Å². The zero-order valence-corrected chi connectivity index (χ0v) is 15.5. The highest BCUT2D eigenvalue weighted by molar-refractivity contribution is 9.12. The van der Waals surface area contributed by atoms with Crippen LogP contribution in [0.1, 0.15) is 5.56 Å². The first kappa shape index (κ1) is 17.3. The molecule has 0 saturated heterocycles. The zero-order valence-electron chi connectivity index (χ0n) is 13.1. The van der Waals surface area contributed by atoms with Gasteiger partial charge < -0.3 is 15.1 Å². The minimum atomic E-state index is 0.300. The molecular weight excluding hydrogens is 400 g/mol. The third-order valence-corrected chi connectivity index (χ3v) is 3.85. The van der Waals surface area contributed by atoms with E-state index in [-0.39, 0.29) is 0 Å². The van der Waals surface area contributed by atoms with Crippen molar-refractivity contribution >= 4 is 56.5 Å². The van der Waals surface area contributed by atoms with Crippen LogP contribution < -0.4 is 10.2 Å². The van der Waals surface area contributed by atoms with Crippen molar-refractivity contribution in [2.45, 2.75) is 0 Å². The van der Waals surface area contributed by atoms with Gasteiger partial charge in [0.15, 0.2) is 5.05 Å². The molecule has 3 rings (SSSR count). The van der Waals surface area contributed by atoms with Crippen molar-refractivity contribution in [1.82, 2.24) is 15.4 Å². The highest BCUT2D eigenvalue weighted by atomic mass is 79.9. The summed E-state index contributed by atoms with van der Waals surface area (Å²) < 4.78 is 6.35. The van der Waals surface area contributed by atoms with E-state index in [4.69, 9.17) is 17.0 Å². The summed E-state index contributed by atoms with van der Waals surface area (Å²) in [4.78, 5) is 7.37. The van der Waals surface area contributed by atoms with Gasteiger partial charge in [-0.25, -0.2) is 0 Å². The van der Waals surface area contributed by atoms with Gasteiger partial charge in [0.1, 0.15) is 6.54 Å². The number of halogens is 1. The van der Waals surface area contributed by atoms with Gasteiger partial charge in [0.05, 0.1) is 17.2 Å². The van der Waals surface area contributed by atoms with Crippen LogP contribution in [0.15, 0.2) is 64.2 Å². The van der Waals surface area contributed by atoms with E-state index < -0.39 is 0 Å². The maximum atomic E-state index is 5.50. The Kier molecular flexibility index (Phi) is 5.92. The number of rotatable bonds is 6. The van der Waals surface area contributed by atoms with Crippen molar-refractivity contribution in [2.75, 3.05) is 6.54 Å². The fourth-order valence-electron chi connectivity index (χ4n) is 2.08. The van der Waals surface area contributed by atoms with Crippen LogP contribution in [-0.2, 0) is 0 Å². The van der Waals surface area contributed by atoms with Crippen LogP contribution in [0.4, 0.5) is 0 Å². The van der Waals surface area contributed by atoms with Crippen LogP contribution in [0.25, 0.3) is 17.1 Å². The first-order valence-electron chi connectivity index (χ1n) is 7.54. The number of aromatic nitrogens is 2. The maximum absolute atomic E-state index is 5.50. The van der Waals surface area contributed by atoms with Gasteiger partial charge in [-0.3, -0.25) is 0 Å². The SMILES string of the molecule is S=C(CNN=CC(Br)=Cc1ccccc1)Oc1nc2ccccc2[nH]1. The number of nitrogens with one attached hydrogen (secondary N) is 2. The number of para-hydroxylation sites is 2. The Morgan fingerprint density at radius 3 is 2.76 bits per heavy atom. The molecule has 25 heavy (non-hydrogen) atoms. The van der Waals surface area contributed by atoms with Gasteiger partial charge in [-0.05, 0) is 51.9 Å². The first-order chi connectivity index (χ1) is 12.2. The van der Waals surface area contributed by atoms with Crippen molar-refractivity contribution in [3.8, 4) is 6.01 Å². The number of aromatic amines is 1. The molecule has 0 radical (unpaired) electrons. The minimum absolute atomic E-state index is 0.300. The van der Waals surface area contributed by atoms with Gasteiger partial charge in [0, 0.05) is 4.48 Å². The second-order valence-corrected chi connectivity index (χ2v) is 6.44. The molecule has 0 bridgehead atoms. The van der Waals surface area contributed by atoms with Crippen LogP contribution in [-0.4, -0.2) is 27.8 Å². The van der Waals surface area contributed by atoms with E-state index in [1.165, 1.54) is 0 Å². The number of ether oxygens (including phenoxy) is 1. The van der Waals surface area contributed by atoms with Gasteiger partial charge in [-0.15, -0.1) is 0 Å². The molecule has 0 saturated carbocycles. The van der Waals surface area contributed by atoms with Crippen LogP contribution in [0, 0.1) is 0 Å². The van der Waals surface area contributed by atoms with Crippen molar-refractivity contribution < 1.29 is 4.74 Å². The lowest BCUT2D eigenvalue weighted by atomic mass is 10.2. The molecule has 2 aromatic carbocycles. The summed E-state index contributed by atoms with van der Waals surface area (Å²) in [7, 11) is 0. The number of imidazole rings is 1. The summed E-state index contributed by atoms with van der Waals surface area (Å²) in [6.45, 7) is 0.300. The summed E-state index contributed by atoms with van der Waals surface area (Å²) in [6.07, 6.45) is 3.63. The predicted octanol–water partition coefficient (Wildman–Crippen LogP) is 4.28. The predicted molar refractivity (Wildman–Crippen MR) is 109 cm³/mol. The third kappa shape index (κ3) is 5.23. The van der Waals surface area contributed by atoms with Crippen molar-refractivity contribution in [3.63, 3.8) is 0 Å². The van der Waals surface area contributed by atoms with Crippen LogP contribution in [0.5, 0.6) is 6.01 Å². The fourth-order valence-corrected chi connectivity index (χ4v) is 2.60. The smallest absolute Gasteiger partial charge is 0.300 e. The monoisotopic (exact) mass is 414 g/mol. The average Bonchev–Trinajstić information content (AvgIpc) is 3.02. The van der Waals surface area contributed by atoms with E-state index in [1.54, 1.807) is 6.21 Å². The molecule has 126 valence electrons. The number of benzene rings is 2. The largest absolute Gasteiger partial charge is 0.416 e. The molecule has 3 aromatic rings. The molecule has 2 N–H and O–H groups in total. The Hall–Kier alpha value is -2.51. The van der Waals surface area contributed by atoms with E-state index in [2.05, 4.69) is 36.4 Å². The molecule has 0 unspecified atom stereocenters. The summed E-state index contributed by atoms with van der Waals surface area (Å²) in [5.74, 6) is 0. The van der Waals surface area contributed by atoms with Crippen molar-refractivity contribution in [3.05, 3.63) is 64.6 Å². The number of hydrogen-bond acceptors (Lipinski definition) is 5. The molecule has 0 atom stereocenters. The second-order valence-electron chi connectivity index (χ2n) is 5.07. The number of hydrogen-bond donors (Lipinski definition) is 2. The number of H-pyrrole nitrogens is 1. The molecule has 0 aliphatic rings. The van der Waals surface area contributed by atoms with Crippen molar-refractivity contribution in [2.24, 2.45) is 5.10 Å². The fraction of sp³-hybridized carbons (Fsp3) is 0.0556. The van der Waals surface area contributed by atoms with Gasteiger partial charge in [-0.2, -0.15) is 10.1 Å². The lowest BCUT2D eigenvalue weighted by Crippen LogP contribution is -2.21. The van der Waals surface area contributed by atoms with E-state index in [9.17, 15) is 0 Å². The zero-order chi connectivity index (χ0) is 17.5. The lowest BCUT2D eigenvalue weighted by molar-refractivity contribution is 0.508. The van der Waals surface area contributed by atoms with E-state index in [1.807, 2.05) is 60.7 Å². The third-order valence-electron chi connectivity index (χ3n) is 3.18. The second kappa shape index (κ2) is 8.55. The Balaban J connectivity index is 1.48. The molecule has 5 nitrogen and oxygen atoms in total.